The number of hydrogen-bond donors (Lipinski definition) is 1. The van der Waals surface area contributed by atoms with Gasteiger partial charge in [0.15, 0.2) is 0 Å². The van der Waals surface area contributed by atoms with E-state index in [9.17, 15) is 0 Å². The van der Waals surface area contributed by atoms with Crippen LogP contribution in [0.5, 0.6) is 0 Å². The molecule has 1 atom stereocenters. The molecule has 0 bridgehead atoms. The molecule has 0 fully saturated rings. The van der Waals surface area contributed by atoms with Crippen LogP contribution >= 0.6 is 0 Å². The SMILES string of the molecule is Cc1ncc2c3c([nH]c2n1)CN(C)[C@@H](C)C3. The fraction of sp³-hybridized carbons (Fsp3) is 0.500. The van der Waals surface area contributed by atoms with E-state index in [0.717, 1.165) is 24.4 Å². The van der Waals surface area contributed by atoms with Gasteiger partial charge in [-0.25, -0.2) is 9.97 Å². The fourth-order valence-electron chi connectivity index (χ4n) is 2.39. The van der Waals surface area contributed by atoms with Crippen LogP contribution in [0.25, 0.3) is 11.0 Å². The van der Waals surface area contributed by atoms with Gasteiger partial charge in [0.05, 0.1) is 0 Å². The topological polar surface area (TPSA) is 44.8 Å². The highest BCUT2D eigenvalue weighted by atomic mass is 15.1. The lowest BCUT2D eigenvalue weighted by Crippen LogP contribution is -2.34. The van der Waals surface area contributed by atoms with Crippen molar-refractivity contribution in [2.24, 2.45) is 0 Å². The average Bonchev–Trinajstić information content (AvgIpc) is 2.55. The number of aromatic amines is 1. The minimum atomic E-state index is 0.591. The molecule has 0 saturated heterocycles. The van der Waals surface area contributed by atoms with E-state index in [4.69, 9.17) is 0 Å². The number of fused-ring (bicyclic) bond motifs is 3. The lowest BCUT2D eigenvalue weighted by Gasteiger charge is -2.29. The number of hydrogen-bond acceptors (Lipinski definition) is 3. The monoisotopic (exact) mass is 216 g/mol. The normalized spacial score (nSPS) is 21.3. The molecule has 0 spiro atoms. The number of rotatable bonds is 0. The maximum atomic E-state index is 4.45. The van der Waals surface area contributed by atoms with Crippen molar-refractivity contribution >= 4 is 11.0 Å². The molecule has 1 aliphatic heterocycles. The van der Waals surface area contributed by atoms with Crippen molar-refractivity contribution in [1.29, 1.82) is 0 Å². The first-order valence-electron chi connectivity index (χ1n) is 5.68. The highest BCUT2D eigenvalue weighted by Crippen LogP contribution is 2.27. The van der Waals surface area contributed by atoms with Crippen molar-refractivity contribution in [3.05, 3.63) is 23.3 Å². The summed E-state index contributed by atoms with van der Waals surface area (Å²) in [4.78, 5) is 14.5. The van der Waals surface area contributed by atoms with E-state index < -0.39 is 0 Å². The molecular formula is C12H16N4. The average molecular weight is 216 g/mol. The largest absolute Gasteiger partial charge is 0.342 e. The third-order valence-electron chi connectivity index (χ3n) is 3.53. The molecule has 2 aromatic rings. The Morgan fingerprint density at radius 3 is 3.12 bits per heavy atom. The first-order chi connectivity index (χ1) is 7.65. The van der Waals surface area contributed by atoms with Gasteiger partial charge in [-0.2, -0.15) is 0 Å². The van der Waals surface area contributed by atoms with Gasteiger partial charge >= 0.3 is 0 Å². The van der Waals surface area contributed by atoms with Crippen molar-refractivity contribution in [3.8, 4) is 0 Å². The first-order valence-corrected chi connectivity index (χ1v) is 5.68. The first kappa shape index (κ1) is 9.78. The summed E-state index contributed by atoms with van der Waals surface area (Å²) in [7, 11) is 2.16. The number of nitrogens with zero attached hydrogens (tertiary/aromatic N) is 3. The van der Waals surface area contributed by atoms with E-state index in [1.807, 2.05) is 13.1 Å². The number of likely N-dealkylation sites (N-methyl/N-ethyl adjacent to an activating group) is 1. The fourth-order valence-corrected chi connectivity index (χ4v) is 2.39. The van der Waals surface area contributed by atoms with Gasteiger partial charge in [-0.1, -0.05) is 0 Å². The standard InChI is InChI=1S/C12H16N4/c1-7-4-9-10-5-13-8(2)14-12(10)15-11(9)6-16(7)3/h5,7H,4,6H2,1-3H3,(H,13,14,15)/t7-/m0/s1. The summed E-state index contributed by atoms with van der Waals surface area (Å²) in [5.41, 5.74) is 3.69. The van der Waals surface area contributed by atoms with Gasteiger partial charge in [0.25, 0.3) is 0 Å². The van der Waals surface area contributed by atoms with Crippen LogP contribution in [0.3, 0.4) is 0 Å². The van der Waals surface area contributed by atoms with Gasteiger partial charge in [0, 0.05) is 29.9 Å². The number of aromatic nitrogens is 3. The van der Waals surface area contributed by atoms with Crippen LogP contribution in [0.15, 0.2) is 6.20 Å². The van der Waals surface area contributed by atoms with Crippen LogP contribution in [0, 0.1) is 6.92 Å². The van der Waals surface area contributed by atoms with Crippen LogP contribution in [-0.2, 0) is 13.0 Å². The van der Waals surface area contributed by atoms with Crippen LogP contribution in [0.4, 0.5) is 0 Å². The maximum absolute atomic E-state index is 4.45. The quantitative estimate of drug-likeness (QED) is 0.728. The summed E-state index contributed by atoms with van der Waals surface area (Å²) in [5, 5.41) is 1.19. The molecule has 0 radical (unpaired) electrons. The molecule has 1 aliphatic rings. The van der Waals surface area contributed by atoms with E-state index in [-0.39, 0.29) is 0 Å². The Labute approximate surface area is 94.7 Å². The zero-order valence-electron chi connectivity index (χ0n) is 9.91. The highest BCUT2D eigenvalue weighted by Gasteiger charge is 2.23. The summed E-state index contributed by atoms with van der Waals surface area (Å²) < 4.78 is 0. The van der Waals surface area contributed by atoms with E-state index >= 15 is 0 Å². The van der Waals surface area contributed by atoms with E-state index in [1.54, 1.807) is 0 Å². The molecule has 0 aromatic carbocycles. The molecule has 2 aromatic heterocycles. The Balaban J connectivity index is 2.20. The van der Waals surface area contributed by atoms with E-state index in [2.05, 4.69) is 33.8 Å². The molecule has 0 unspecified atom stereocenters. The Hall–Kier alpha value is -1.42. The third kappa shape index (κ3) is 1.33. The number of H-pyrrole nitrogens is 1. The minimum Gasteiger partial charge on any atom is -0.342 e. The Morgan fingerprint density at radius 2 is 2.31 bits per heavy atom. The second kappa shape index (κ2) is 3.28. The summed E-state index contributed by atoms with van der Waals surface area (Å²) in [6.07, 6.45) is 3.03. The zero-order valence-corrected chi connectivity index (χ0v) is 9.91. The smallest absolute Gasteiger partial charge is 0.141 e. The van der Waals surface area contributed by atoms with Crippen molar-refractivity contribution < 1.29 is 0 Å². The molecule has 16 heavy (non-hydrogen) atoms. The van der Waals surface area contributed by atoms with Gasteiger partial charge < -0.3 is 4.98 Å². The second-order valence-electron chi connectivity index (χ2n) is 4.73. The van der Waals surface area contributed by atoms with Gasteiger partial charge in [0.2, 0.25) is 0 Å². The van der Waals surface area contributed by atoms with Crippen molar-refractivity contribution in [2.75, 3.05) is 7.05 Å². The molecule has 3 heterocycles. The zero-order chi connectivity index (χ0) is 11.3. The van der Waals surface area contributed by atoms with Crippen molar-refractivity contribution in [3.63, 3.8) is 0 Å². The van der Waals surface area contributed by atoms with E-state index in [0.29, 0.717) is 6.04 Å². The molecule has 4 heteroatoms. The summed E-state index contributed by atoms with van der Waals surface area (Å²) in [6.45, 7) is 5.16. The van der Waals surface area contributed by atoms with Gasteiger partial charge in [-0.05, 0) is 32.9 Å². The molecular weight excluding hydrogens is 200 g/mol. The van der Waals surface area contributed by atoms with Crippen LogP contribution in [-0.4, -0.2) is 32.9 Å². The van der Waals surface area contributed by atoms with Crippen LogP contribution in [0.1, 0.15) is 24.0 Å². The Kier molecular flexibility index (Phi) is 2.01. The lowest BCUT2D eigenvalue weighted by molar-refractivity contribution is 0.229. The van der Waals surface area contributed by atoms with E-state index in [1.165, 1.54) is 16.6 Å². The van der Waals surface area contributed by atoms with Gasteiger partial charge in [-0.15, -0.1) is 0 Å². The third-order valence-corrected chi connectivity index (χ3v) is 3.53. The molecule has 1 N–H and O–H groups in total. The van der Waals surface area contributed by atoms with Crippen molar-refractivity contribution in [1.82, 2.24) is 19.9 Å². The highest BCUT2D eigenvalue weighted by molar-refractivity contribution is 5.80. The molecule has 3 rings (SSSR count). The summed E-state index contributed by atoms with van der Waals surface area (Å²) in [5.74, 6) is 0.826. The predicted octanol–water partition coefficient (Wildman–Crippen LogP) is 1.64. The Bertz CT molecular complexity index is 543. The molecule has 84 valence electrons. The molecule has 0 saturated carbocycles. The second-order valence-corrected chi connectivity index (χ2v) is 4.73. The van der Waals surface area contributed by atoms with Crippen LogP contribution < -0.4 is 0 Å². The summed E-state index contributed by atoms with van der Waals surface area (Å²) >= 11 is 0. The molecule has 0 amide bonds. The molecule has 0 aliphatic carbocycles. The lowest BCUT2D eigenvalue weighted by atomic mass is 9.99. The van der Waals surface area contributed by atoms with Gasteiger partial charge in [0.1, 0.15) is 11.5 Å². The number of aryl methyl sites for hydroxylation is 1. The minimum absolute atomic E-state index is 0.591. The molecule has 4 nitrogen and oxygen atoms in total. The maximum Gasteiger partial charge on any atom is 0.141 e. The van der Waals surface area contributed by atoms with Crippen molar-refractivity contribution in [2.45, 2.75) is 32.9 Å². The number of nitrogens with one attached hydrogen (secondary N) is 1. The Morgan fingerprint density at radius 1 is 1.50 bits per heavy atom. The summed E-state index contributed by atoms with van der Waals surface area (Å²) in [6, 6.07) is 0.591. The van der Waals surface area contributed by atoms with Gasteiger partial charge in [-0.3, -0.25) is 4.90 Å². The van der Waals surface area contributed by atoms with Crippen LogP contribution in [0.2, 0.25) is 0 Å². The predicted molar refractivity (Wildman–Crippen MR) is 63.3 cm³/mol.